The van der Waals surface area contributed by atoms with Crippen molar-refractivity contribution in [2.45, 2.75) is 6.92 Å². The summed E-state index contributed by atoms with van der Waals surface area (Å²) in [5, 5.41) is 0. The third kappa shape index (κ3) is 3.35. The molecule has 0 rings (SSSR count). The molecule has 0 atom stereocenters. The van der Waals surface area contributed by atoms with Gasteiger partial charge in [-0.05, 0) is 0 Å². The van der Waals surface area contributed by atoms with Crippen molar-refractivity contribution < 1.29 is 0 Å². The Morgan fingerprint density at radius 2 is 2.10 bits per heavy atom. The van der Waals surface area contributed by atoms with E-state index in [2.05, 4.69) is 4.99 Å². The molecule has 0 aromatic rings. The van der Waals surface area contributed by atoms with E-state index in [1.807, 2.05) is 18.9 Å². The molecule has 0 saturated heterocycles. The van der Waals surface area contributed by atoms with Gasteiger partial charge in [0.15, 0.2) is 0 Å². The van der Waals surface area contributed by atoms with Gasteiger partial charge in [-0.3, -0.25) is 0 Å². The summed E-state index contributed by atoms with van der Waals surface area (Å²) in [4.78, 5) is 6.03. The molecule has 0 aliphatic heterocycles. The van der Waals surface area contributed by atoms with Crippen LogP contribution < -0.4 is 0 Å². The molecule has 0 bridgehead atoms. The molecule has 0 aliphatic carbocycles. The molecule has 0 aliphatic rings. The molecule has 10 heavy (non-hydrogen) atoms. The maximum absolute atomic E-state index is 5.82. The zero-order chi connectivity index (χ0) is 8.15. The van der Waals surface area contributed by atoms with Crippen LogP contribution in [-0.2, 0) is 0 Å². The summed E-state index contributed by atoms with van der Waals surface area (Å²) in [6.07, 6.45) is 0. The van der Waals surface area contributed by atoms with Crippen LogP contribution in [0.5, 0.6) is 0 Å². The fraction of sp³-hybridized carbons (Fsp3) is 0.800. The van der Waals surface area contributed by atoms with Crippen molar-refractivity contribution in [3.05, 3.63) is 0 Å². The van der Waals surface area contributed by atoms with Crippen LogP contribution in [0.25, 0.3) is 0 Å². The molecule has 2 nitrogen and oxygen atoms in total. The molecule has 0 radical (unpaired) electrons. The number of halogens is 2. The van der Waals surface area contributed by atoms with E-state index >= 15 is 0 Å². The van der Waals surface area contributed by atoms with E-state index in [0.717, 1.165) is 10.1 Å². The molecule has 5 heteroatoms. The normalized spacial score (nSPS) is 11.5. The van der Waals surface area contributed by atoms with Crippen LogP contribution in [0.4, 0.5) is 0 Å². The molecule has 0 amide bonds. The molecule has 0 spiro atoms. The molecule has 0 aromatic carbocycles. The second kappa shape index (κ2) is 5.56. The van der Waals surface area contributed by atoms with Crippen molar-refractivity contribution >= 4 is 39.8 Å². The average Bonchev–Trinajstić information content (AvgIpc) is 1.88. The molecule has 0 aromatic heterocycles. The summed E-state index contributed by atoms with van der Waals surface area (Å²) < 4.78 is 0.924. The first-order chi connectivity index (χ1) is 4.63. The van der Waals surface area contributed by atoms with Crippen LogP contribution in [0.2, 0.25) is 0 Å². The van der Waals surface area contributed by atoms with Gasteiger partial charge in [0, 0.05) is 0 Å². The second-order valence-corrected chi connectivity index (χ2v) is 12.4. The Balaban J connectivity index is 4.08. The van der Waals surface area contributed by atoms with E-state index in [-0.39, 0.29) is 0 Å². The quantitative estimate of drug-likeness (QED) is 0.554. The number of hydrogen-bond acceptors (Lipinski definition) is 1. The van der Waals surface area contributed by atoms with Crippen molar-refractivity contribution in [2.24, 2.45) is 4.99 Å². The Hall–Kier alpha value is 0.920. The monoisotopic (exact) mass is 284 g/mol. The van der Waals surface area contributed by atoms with Crippen molar-refractivity contribution in [1.82, 2.24) is 4.90 Å². The van der Waals surface area contributed by atoms with Gasteiger partial charge >= 0.3 is 77.3 Å². The Labute approximate surface area is 76.9 Å². The molecule has 0 saturated carbocycles. The van der Waals surface area contributed by atoms with Gasteiger partial charge < -0.3 is 0 Å². The summed E-state index contributed by atoms with van der Waals surface area (Å²) in [6.45, 7) is 2.97. The van der Waals surface area contributed by atoms with E-state index in [0.29, 0.717) is 0 Å². The zero-order valence-electron chi connectivity index (χ0n) is 6.43. The first-order valence-corrected chi connectivity index (χ1v) is 13.1. The number of hydrogen-bond donors (Lipinski definition) is 0. The second-order valence-electron chi connectivity index (χ2n) is 1.90. The Morgan fingerprint density at radius 3 is 2.20 bits per heavy atom. The summed E-state index contributed by atoms with van der Waals surface area (Å²) in [7, 11) is 15.3. The SMILES string of the molecule is CCN(C)[C](=NC)[In]([Cl])[Cl]. The number of amidine groups is 1. The van der Waals surface area contributed by atoms with Crippen molar-refractivity contribution in [3.8, 4) is 0 Å². The Kier molecular flexibility index (Phi) is 6.07. The summed E-state index contributed by atoms with van der Waals surface area (Å²) >= 11 is -2.37. The summed E-state index contributed by atoms with van der Waals surface area (Å²) in [6, 6.07) is 0. The van der Waals surface area contributed by atoms with Gasteiger partial charge in [-0.25, -0.2) is 0 Å². The number of aliphatic imine (C=N–C) groups is 1. The average molecular weight is 285 g/mol. The molecule has 58 valence electrons. The molecule has 0 fully saturated rings. The minimum absolute atomic E-state index is 0.916. The molecular weight excluding hydrogens is 274 g/mol. The zero-order valence-corrected chi connectivity index (χ0v) is 11.2. The van der Waals surface area contributed by atoms with Crippen LogP contribution in [0, 0.1) is 0 Å². The van der Waals surface area contributed by atoms with E-state index in [1.54, 1.807) is 7.05 Å². The molecule has 0 heterocycles. The molecular formula is C5H11Cl2InN2. The van der Waals surface area contributed by atoms with Crippen molar-refractivity contribution in [2.75, 3.05) is 20.6 Å². The van der Waals surface area contributed by atoms with Gasteiger partial charge in [0.05, 0.1) is 0 Å². The predicted octanol–water partition coefficient (Wildman–Crippen LogP) is 1.47. The van der Waals surface area contributed by atoms with E-state index in [4.69, 9.17) is 17.2 Å². The molecule has 0 unspecified atom stereocenters. The molecule has 0 N–H and O–H groups in total. The number of rotatable bonds is 2. The van der Waals surface area contributed by atoms with Gasteiger partial charge in [0.2, 0.25) is 0 Å². The Bertz CT molecular complexity index is 127. The van der Waals surface area contributed by atoms with Crippen LogP contribution in [0.15, 0.2) is 4.99 Å². The van der Waals surface area contributed by atoms with Gasteiger partial charge in [-0.2, -0.15) is 0 Å². The third-order valence-corrected chi connectivity index (χ3v) is 7.02. The summed E-state index contributed by atoms with van der Waals surface area (Å²) in [5.74, 6) is 0. The number of nitrogens with zero attached hydrogens (tertiary/aromatic N) is 2. The van der Waals surface area contributed by atoms with Crippen LogP contribution in [0.3, 0.4) is 0 Å². The fourth-order valence-corrected chi connectivity index (χ4v) is 6.17. The van der Waals surface area contributed by atoms with Gasteiger partial charge in [-0.15, -0.1) is 0 Å². The van der Waals surface area contributed by atoms with Crippen LogP contribution in [0.1, 0.15) is 6.92 Å². The van der Waals surface area contributed by atoms with Gasteiger partial charge in [0.25, 0.3) is 0 Å². The van der Waals surface area contributed by atoms with E-state index in [9.17, 15) is 0 Å². The Morgan fingerprint density at radius 1 is 1.60 bits per heavy atom. The minimum atomic E-state index is -2.37. The predicted molar refractivity (Wildman–Crippen MR) is 49.1 cm³/mol. The van der Waals surface area contributed by atoms with Crippen molar-refractivity contribution in [3.63, 3.8) is 0 Å². The van der Waals surface area contributed by atoms with E-state index < -0.39 is 19.1 Å². The maximum atomic E-state index is 5.82. The fourth-order valence-electron chi connectivity index (χ4n) is 0.597. The standard InChI is InChI=1S/C5H11N2.2ClH.In/c1-4-7(3)5-6-2;;;/h4H2,1-3H3;2*1H;/q;;;+2/p-2. The van der Waals surface area contributed by atoms with Crippen molar-refractivity contribution in [1.29, 1.82) is 0 Å². The first kappa shape index (κ1) is 10.9. The van der Waals surface area contributed by atoms with Crippen LogP contribution in [-0.4, -0.2) is 48.2 Å². The van der Waals surface area contributed by atoms with Gasteiger partial charge in [0.1, 0.15) is 0 Å². The van der Waals surface area contributed by atoms with E-state index in [1.165, 1.54) is 0 Å². The topological polar surface area (TPSA) is 15.6 Å². The third-order valence-electron chi connectivity index (χ3n) is 1.29. The summed E-state index contributed by atoms with van der Waals surface area (Å²) in [5.41, 5.74) is 0. The first-order valence-electron chi connectivity index (χ1n) is 3.09. The van der Waals surface area contributed by atoms with Gasteiger partial charge in [-0.1, -0.05) is 0 Å². The van der Waals surface area contributed by atoms with Crippen LogP contribution >= 0.6 is 17.2 Å².